The molecule has 1 fully saturated rings. The Balaban J connectivity index is 1.77. The second-order valence-corrected chi connectivity index (χ2v) is 6.97. The maximum absolute atomic E-state index is 12.7. The molecule has 26 heavy (non-hydrogen) atoms. The normalized spacial score (nSPS) is 14.9. The van der Waals surface area contributed by atoms with Crippen LogP contribution >= 0.6 is 0 Å². The summed E-state index contributed by atoms with van der Waals surface area (Å²) in [7, 11) is 1.35. The van der Waals surface area contributed by atoms with Crippen LogP contribution in [0, 0.1) is 13.8 Å². The van der Waals surface area contributed by atoms with Crippen molar-refractivity contribution in [1.82, 2.24) is 4.57 Å². The largest absolute Gasteiger partial charge is 0.465 e. The Kier molecular flexibility index (Phi) is 5.45. The van der Waals surface area contributed by atoms with E-state index in [1.165, 1.54) is 39.2 Å². The highest BCUT2D eigenvalue weighted by Crippen LogP contribution is 2.32. The van der Waals surface area contributed by atoms with Crippen LogP contribution < -0.4 is 5.32 Å². The minimum Gasteiger partial charge on any atom is -0.465 e. The van der Waals surface area contributed by atoms with Crippen LogP contribution in [0.5, 0.6) is 0 Å². The molecule has 0 bridgehead atoms. The van der Waals surface area contributed by atoms with Gasteiger partial charge in [-0.15, -0.1) is 0 Å². The second-order valence-electron chi connectivity index (χ2n) is 6.97. The van der Waals surface area contributed by atoms with Crippen LogP contribution in [0.15, 0.2) is 30.3 Å². The van der Waals surface area contributed by atoms with E-state index in [4.69, 9.17) is 0 Å². The van der Waals surface area contributed by atoms with Crippen molar-refractivity contribution in [3.05, 3.63) is 52.8 Å². The Morgan fingerprint density at radius 3 is 2.35 bits per heavy atom. The fourth-order valence-corrected chi connectivity index (χ4v) is 3.91. The molecule has 1 amide bonds. The number of esters is 1. The van der Waals surface area contributed by atoms with Gasteiger partial charge in [0.25, 0.3) is 5.91 Å². The summed E-state index contributed by atoms with van der Waals surface area (Å²) >= 11 is 0. The van der Waals surface area contributed by atoms with Gasteiger partial charge in [-0.05, 0) is 57.0 Å². The number of anilines is 1. The molecular formula is C21H26N2O3. The molecule has 1 saturated carbocycles. The van der Waals surface area contributed by atoms with Gasteiger partial charge in [-0.1, -0.05) is 19.3 Å². The molecule has 1 N–H and O–H groups in total. The number of nitrogens with zero attached hydrogens (tertiary/aromatic N) is 1. The first-order chi connectivity index (χ1) is 12.5. The fourth-order valence-electron chi connectivity index (χ4n) is 3.91. The van der Waals surface area contributed by atoms with Crippen molar-refractivity contribution in [3.8, 4) is 0 Å². The van der Waals surface area contributed by atoms with Crippen LogP contribution in [0.25, 0.3) is 0 Å². The van der Waals surface area contributed by atoms with Crippen molar-refractivity contribution in [2.24, 2.45) is 0 Å². The molecule has 3 rings (SSSR count). The summed E-state index contributed by atoms with van der Waals surface area (Å²) in [6.07, 6.45) is 6.20. The zero-order valence-electron chi connectivity index (χ0n) is 15.7. The Morgan fingerprint density at radius 2 is 1.73 bits per heavy atom. The van der Waals surface area contributed by atoms with E-state index in [0.29, 0.717) is 22.9 Å². The molecule has 138 valence electrons. The van der Waals surface area contributed by atoms with E-state index in [1.807, 2.05) is 13.0 Å². The van der Waals surface area contributed by atoms with Crippen molar-refractivity contribution in [2.75, 3.05) is 12.4 Å². The van der Waals surface area contributed by atoms with Crippen molar-refractivity contribution < 1.29 is 14.3 Å². The SMILES string of the molecule is COC(=O)c1ccc(NC(=O)c2cc(C)n(C3CCCCC3)c2C)cc1. The summed E-state index contributed by atoms with van der Waals surface area (Å²) in [5.74, 6) is -0.509. The Hall–Kier alpha value is -2.56. The highest BCUT2D eigenvalue weighted by Gasteiger charge is 2.22. The van der Waals surface area contributed by atoms with Crippen LogP contribution in [0.2, 0.25) is 0 Å². The summed E-state index contributed by atoms with van der Waals surface area (Å²) in [6.45, 7) is 4.10. The van der Waals surface area contributed by atoms with Crippen LogP contribution in [-0.4, -0.2) is 23.6 Å². The summed E-state index contributed by atoms with van der Waals surface area (Å²) in [6, 6.07) is 9.20. The third kappa shape index (κ3) is 3.66. The van der Waals surface area contributed by atoms with Gasteiger partial charge in [0.1, 0.15) is 0 Å². The summed E-state index contributed by atoms with van der Waals surface area (Å²) in [5.41, 5.74) is 4.00. The first-order valence-corrected chi connectivity index (χ1v) is 9.19. The molecule has 1 aromatic heterocycles. The van der Waals surface area contributed by atoms with E-state index in [2.05, 4.69) is 21.5 Å². The van der Waals surface area contributed by atoms with Crippen LogP contribution in [-0.2, 0) is 4.74 Å². The summed E-state index contributed by atoms with van der Waals surface area (Å²) < 4.78 is 7.01. The number of benzene rings is 1. The molecule has 0 unspecified atom stereocenters. The number of aromatic nitrogens is 1. The minimum atomic E-state index is -0.390. The van der Waals surface area contributed by atoms with Gasteiger partial charge in [-0.25, -0.2) is 4.79 Å². The van der Waals surface area contributed by atoms with Gasteiger partial charge in [0.15, 0.2) is 0 Å². The van der Waals surface area contributed by atoms with E-state index in [1.54, 1.807) is 24.3 Å². The zero-order valence-corrected chi connectivity index (χ0v) is 15.7. The van der Waals surface area contributed by atoms with Gasteiger partial charge in [-0.3, -0.25) is 4.79 Å². The van der Waals surface area contributed by atoms with Crippen molar-refractivity contribution in [3.63, 3.8) is 0 Å². The number of hydrogen-bond acceptors (Lipinski definition) is 3. The first kappa shape index (κ1) is 18.2. The van der Waals surface area contributed by atoms with E-state index in [9.17, 15) is 9.59 Å². The number of aryl methyl sites for hydroxylation is 1. The minimum absolute atomic E-state index is 0.119. The highest BCUT2D eigenvalue weighted by atomic mass is 16.5. The molecule has 0 atom stereocenters. The molecule has 1 aromatic carbocycles. The van der Waals surface area contributed by atoms with Gasteiger partial charge in [-0.2, -0.15) is 0 Å². The third-order valence-electron chi connectivity index (χ3n) is 5.23. The van der Waals surface area contributed by atoms with Crippen LogP contribution in [0.1, 0.15) is 70.2 Å². The first-order valence-electron chi connectivity index (χ1n) is 9.19. The van der Waals surface area contributed by atoms with Gasteiger partial charge in [0, 0.05) is 23.1 Å². The van der Waals surface area contributed by atoms with Gasteiger partial charge in [0.2, 0.25) is 0 Å². The Bertz CT molecular complexity index is 799. The molecule has 1 heterocycles. The number of methoxy groups -OCH3 is 1. The molecule has 0 spiro atoms. The van der Waals surface area contributed by atoms with Crippen molar-refractivity contribution in [1.29, 1.82) is 0 Å². The second kappa shape index (κ2) is 7.77. The lowest BCUT2D eigenvalue weighted by Gasteiger charge is -2.26. The topological polar surface area (TPSA) is 60.3 Å². The molecule has 1 aliphatic rings. The Labute approximate surface area is 154 Å². The van der Waals surface area contributed by atoms with Gasteiger partial charge in [0.05, 0.1) is 18.2 Å². The van der Waals surface area contributed by atoms with Gasteiger partial charge < -0.3 is 14.6 Å². The molecule has 5 nitrogen and oxygen atoms in total. The maximum atomic E-state index is 12.7. The monoisotopic (exact) mass is 354 g/mol. The number of carbonyl (C=O) groups excluding carboxylic acids is 2. The van der Waals surface area contributed by atoms with E-state index < -0.39 is 0 Å². The van der Waals surface area contributed by atoms with Crippen LogP contribution in [0.4, 0.5) is 5.69 Å². The Morgan fingerprint density at radius 1 is 1.08 bits per heavy atom. The number of ether oxygens (including phenoxy) is 1. The third-order valence-corrected chi connectivity index (χ3v) is 5.23. The van der Waals surface area contributed by atoms with Crippen molar-refractivity contribution >= 4 is 17.6 Å². The molecular weight excluding hydrogens is 328 g/mol. The number of carbonyl (C=O) groups is 2. The van der Waals surface area contributed by atoms with Gasteiger partial charge >= 0.3 is 5.97 Å². The van der Waals surface area contributed by atoms with E-state index in [0.717, 1.165) is 11.4 Å². The quantitative estimate of drug-likeness (QED) is 0.813. The summed E-state index contributed by atoms with van der Waals surface area (Å²) in [4.78, 5) is 24.2. The van der Waals surface area contributed by atoms with Crippen LogP contribution in [0.3, 0.4) is 0 Å². The standard InChI is InChI=1S/C21H26N2O3/c1-14-13-19(15(2)23(14)18-7-5-4-6-8-18)20(24)22-17-11-9-16(10-12-17)21(25)26-3/h9-13,18H,4-8H2,1-3H3,(H,22,24). The number of amides is 1. The zero-order chi connectivity index (χ0) is 18.7. The predicted molar refractivity (Wildman–Crippen MR) is 102 cm³/mol. The molecule has 0 saturated heterocycles. The number of nitrogens with one attached hydrogen (secondary N) is 1. The molecule has 0 aliphatic heterocycles. The lowest BCUT2D eigenvalue weighted by molar-refractivity contribution is 0.0600. The maximum Gasteiger partial charge on any atom is 0.337 e. The fraction of sp³-hybridized carbons (Fsp3) is 0.429. The molecule has 0 radical (unpaired) electrons. The lowest BCUT2D eigenvalue weighted by atomic mass is 9.95. The molecule has 1 aliphatic carbocycles. The highest BCUT2D eigenvalue weighted by molar-refractivity contribution is 6.05. The average Bonchev–Trinajstić information content (AvgIpc) is 2.96. The smallest absolute Gasteiger partial charge is 0.337 e. The number of rotatable bonds is 4. The lowest BCUT2D eigenvalue weighted by Crippen LogP contribution is -2.17. The van der Waals surface area contributed by atoms with E-state index >= 15 is 0 Å². The molecule has 5 heteroatoms. The average molecular weight is 354 g/mol. The molecule has 2 aromatic rings. The predicted octanol–water partition coefficient (Wildman–Crippen LogP) is 4.65. The summed E-state index contributed by atoms with van der Waals surface area (Å²) in [5, 5.41) is 2.92. The van der Waals surface area contributed by atoms with E-state index in [-0.39, 0.29) is 11.9 Å². The van der Waals surface area contributed by atoms with Crippen molar-refractivity contribution in [2.45, 2.75) is 52.0 Å². The number of hydrogen-bond donors (Lipinski definition) is 1.